The summed E-state index contributed by atoms with van der Waals surface area (Å²) in [6, 6.07) is -4.57. The average molecular weight is 731 g/mol. The van der Waals surface area contributed by atoms with Gasteiger partial charge in [-0.1, -0.05) is 0 Å². The summed E-state index contributed by atoms with van der Waals surface area (Å²) in [4.78, 5) is 11.7. The van der Waals surface area contributed by atoms with Crippen molar-refractivity contribution >= 4 is 5.91 Å². The first-order valence-electron chi connectivity index (χ1n) is 16.5. The van der Waals surface area contributed by atoms with E-state index in [1.54, 1.807) is 6.92 Å². The van der Waals surface area contributed by atoms with Gasteiger partial charge in [0.1, 0.15) is 73.2 Å². The number of carbonyl (C=O) groups excluding carboxylic acids is 1. The smallest absolute Gasteiger partial charge is 0.217 e. The Morgan fingerprint density at radius 3 is 1.46 bits per heavy atom. The van der Waals surface area contributed by atoms with Crippen molar-refractivity contribution in [2.45, 2.75) is 136 Å². The topological polar surface area (TPSA) is 329 Å². The van der Waals surface area contributed by atoms with E-state index in [0.29, 0.717) is 0 Å². The van der Waals surface area contributed by atoms with Crippen LogP contribution in [0.5, 0.6) is 0 Å². The third-order valence-corrected chi connectivity index (χ3v) is 9.65. The molecule has 0 spiro atoms. The minimum atomic E-state index is -1.61. The zero-order chi connectivity index (χ0) is 37.0. The van der Waals surface area contributed by atoms with Crippen LogP contribution in [0.1, 0.15) is 13.8 Å². The molecule has 0 aromatic rings. The highest BCUT2D eigenvalue weighted by molar-refractivity contribution is 5.73. The number of hydrogen-bond acceptors (Lipinski definition) is 20. The standard InChI is InChI=1S/C29H54N4O17/c1-9-17(33-10(2)38)21(41)25(12(6-35)44-9)48-28-16(31)20(40)24(13(7-36)46-28)50-29-18(32-3)22(42)26(14(8-37)47-29)49-27-15(30)19(39)23(43-4)11(5-34)45-27/h9,11-29,32,34-37,39-42H,5-8,30-31H2,1-4H3,(H,33,38). The summed E-state index contributed by atoms with van der Waals surface area (Å²) in [5.74, 6) is -0.441. The molecule has 21 nitrogen and oxygen atoms in total. The number of likely N-dealkylation sites (N-methyl/N-ethyl adjacent to an activating group) is 1. The van der Waals surface area contributed by atoms with E-state index >= 15 is 0 Å². The minimum absolute atomic E-state index is 0.441. The lowest BCUT2D eigenvalue weighted by Crippen LogP contribution is -2.70. The maximum atomic E-state index is 11.7. The fraction of sp³-hybridized carbons (Fsp3) is 0.966. The largest absolute Gasteiger partial charge is 0.394 e. The lowest BCUT2D eigenvalue weighted by Gasteiger charge is -2.50. The fourth-order valence-electron chi connectivity index (χ4n) is 6.89. The van der Waals surface area contributed by atoms with Gasteiger partial charge in [0.25, 0.3) is 0 Å². The number of carbonyl (C=O) groups is 1. The van der Waals surface area contributed by atoms with Gasteiger partial charge >= 0.3 is 0 Å². The molecule has 4 saturated heterocycles. The molecule has 0 aromatic heterocycles. The van der Waals surface area contributed by atoms with E-state index in [9.17, 15) is 45.6 Å². The first-order chi connectivity index (χ1) is 23.8. The lowest BCUT2D eigenvalue weighted by molar-refractivity contribution is -0.358. The van der Waals surface area contributed by atoms with Crippen molar-refractivity contribution in [3.63, 3.8) is 0 Å². The van der Waals surface area contributed by atoms with Crippen LogP contribution in [0.4, 0.5) is 0 Å². The molecule has 0 aromatic carbocycles. The summed E-state index contributed by atoms with van der Waals surface area (Å²) in [6.45, 7) is 0.321. The molecule has 4 rings (SSSR count). The monoisotopic (exact) mass is 730 g/mol. The number of rotatable bonds is 13. The first-order valence-corrected chi connectivity index (χ1v) is 16.5. The maximum Gasteiger partial charge on any atom is 0.217 e. The fourth-order valence-corrected chi connectivity index (χ4v) is 6.89. The Morgan fingerprint density at radius 2 is 1.02 bits per heavy atom. The summed E-state index contributed by atoms with van der Waals surface area (Å²) in [7, 11) is 2.79. The van der Waals surface area contributed by atoms with Gasteiger partial charge in [-0.05, 0) is 14.0 Å². The molecule has 50 heavy (non-hydrogen) atoms. The molecule has 4 aliphatic heterocycles. The van der Waals surface area contributed by atoms with Gasteiger partial charge < -0.3 is 101 Å². The van der Waals surface area contributed by atoms with Crippen LogP contribution in [-0.2, 0) is 42.7 Å². The summed E-state index contributed by atoms with van der Waals surface area (Å²) >= 11 is 0. The minimum Gasteiger partial charge on any atom is -0.394 e. The molecule has 0 saturated carbocycles. The normalized spacial score (nSPS) is 48.7. The molecular formula is C29H54N4O17. The quantitative estimate of drug-likeness (QED) is 0.0837. The van der Waals surface area contributed by atoms with Crippen molar-refractivity contribution < 1.29 is 83.5 Å². The Labute approximate surface area is 288 Å². The van der Waals surface area contributed by atoms with Gasteiger partial charge in [0.2, 0.25) is 5.91 Å². The molecular weight excluding hydrogens is 676 g/mol. The van der Waals surface area contributed by atoms with Crippen molar-refractivity contribution in [1.29, 1.82) is 0 Å². The molecule has 20 atom stereocenters. The molecule has 1 amide bonds. The molecule has 20 unspecified atom stereocenters. The van der Waals surface area contributed by atoms with Crippen LogP contribution in [-0.4, -0.2) is 210 Å². The molecule has 0 bridgehead atoms. The zero-order valence-electron chi connectivity index (χ0n) is 28.3. The Balaban J connectivity index is 1.47. The van der Waals surface area contributed by atoms with Crippen LogP contribution in [0.3, 0.4) is 0 Å². The van der Waals surface area contributed by atoms with Crippen LogP contribution in [0.25, 0.3) is 0 Å². The van der Waals surface area contributed by atoms with E-state index < -0.39 is 155 Å². The predicted octanol–water partition coefficient (Wildman–Crippen LogP) is -7.72. The number of amides is 1. The second kappa shape index (κ2) is 18.2. The highest BCUT2D eigenvalue weighted by Gasteiger charge is 2.54. The van der Waals surface area contributed by atoms with E-state index in [4.69, 9.17) is 49.4 Å². The van der Waals surface area contributed by atoms with E-state index in [1.807, 2.05) is 0 Å². The van der Waals surface area contributed by atoms with Crippen molar-refractivity contribution in [3.05, 3.63) is 0 Å². The number of aliphatic hydroxyl groups is 8. The van der Waals surface area contributed by atoms with Crippen molar-refractivity contribution in [3.8, 4) is 0 Å². The van der Waals surface area contributed by atoms with Crippen LogP contribution >= 0.6 is 0 Å². The van der Waals surface area contributed by atoms with Gasteiger partial charge in [0, 0.05) is 14.0 Å². The van der Waals surface area contributed by atoms with Crippen molar-refractivity contribution in [2.75, 3.05) is 40.6 Å². The molecule has 14 N–H and O–H groups in total. The maximum absolute atomic E-state index is 11.7. The highest BCUT2D eigenvalue weighted by atomic mass is 16.8. The van der Waals surface area contributed by atoms with Crippen molar-refractivity contribution in [2.24, 2.45) is 11.5 Å². The Hall–Kier alpha value is -1.29. The van der Waals surface area contributed by atoms with Crippen molar-refractivity contribution in [1.82, 2.24) is 10.6 Å². The molecule has 0 radical (unpaired) electrons. The Kier molecular flexibility index (Phi) is 15.1. The molecule has 4 heterocycles. The van der Waals surface area contributed by atoms with Gasteiger partial charge in [-0.3, -0.25) is 4.79 Å². The van der Waals surface area contributed by atoms with E-state index in [0.717, 1.165) is 0 Å². The van der Waals surface area contributed by atoms with Gasteiger partial charge in [0.15, 0.2) is 18.9 Å². The molecule has 21 heteroatoms. The zero-order valence-corrected chi connectivity index (χ0v) is 28.3. The van der Waals surface area contributed by atoms with Gasteiger partial charge in [0.05, 0.1) is 56.7 Å². The van der Waals surface area contributed by atoms with Crippen LogP contribution < -0.4 is 22.1 Å². The number of ether oxygens (including phenoxy) is 8. The van der Waals surface area contributed by atoms with Gasteiger partial charge in [-0.2, -0.15) is 0 Å². The third kappa shape index (κ3) is 8.57. The first kappa shape index (κ1) is 41.5. The predicted molar refractivity (Wildman–Crippen MR) is 165 cm³/mol. The summed E-state index contributed by atoms with van der Waals surface area (Å²) in [5.41, 5.74) is 12.4. The lowest BCUT2D eigenvalue weighted by atomic mass is 9.92. The third-order valence-electron chi connectivity index (χ3n) is 9.65. The summed E-state index contributed by atoms with van der Waals surface area (Å²) < 4.78 is 46.4. The van der Waals surface area contributed by atoms with Gasteiger partial charge in [-0.25, -0.2) is 0 Å². The second-order valence-electron chi connectivity index (χ2n) is 12.9. The molecule has 4 aliphatic rings. The van der Waals surface area contributed by atoms with Gasteiger partial charge in [-0.15, -0.1) is 0 Å². The highest BCUT2D eigenvalue weighted by Crippen LogP contribution is 2.34. The number of aliphatic hydroxyl groups excluding tert-OH is 8. The second-order valence-corrected chi connectivity index (χ2v) is 12.9. The Morgan fingerprint density at radius 1 is 0.640 bits per heavy atom. The van der Waals surface area contributed by atoms with E-state index in [1.165, 1.54) is 21.1 Å². The van der Waals surface area contributed by atoms with Crippen LogP contribution in [0.2, 0.25) is 0 Å². The molecule has 4 fully saturated rings. The van der Waals surface area contributed by atoms with E-state index in [2.05, 4.69) is 10.6 Å². The summed E-state index contributed by atoms with van der Waals surface area (Å²) in [6.07, 6.45) is -20.3. The van der Waals surface area contributed by atoms with Crippen LogP contribution in [0, 0.1) is 0 Å². The number of hydrogen-bond donors (Lipinski definition) is 12. The van der Waals surface area contributed by atoms with E-state index in [-0.39, 0.29) is 0 Å². The SMILES string of the molecule is CNC1C(OC2C(CO)OC(OC3C(CO)OC(C)C(NC(C)=O)C3O)C(N)C2O)OC(CO)C(OC2OC(CO)C(OC)C(O)C2N)C1O. The molecule has 0 aliphatic carbocycles. The van der Waals surface area contributed by atoms with Crippen LogP contribution in [0.15, 0.2) is 0 Å². The number of nitrogens with one attached hydrogen (secondary N) is 2. The number of nitrogens with two attached hydrogens (primary N) is 2. The Bertz CT molecular complexity index is 1070. The average Bonchev–Trinajstić information content (AvgIpc) is 3.09. The summed E-state index contributed by atoms with van der Waals surface area (Å²) in [5, 5.41) is 90.0. The number of methoxy groups -OCH3 is 1. The molecule has 292 valence electrons.